The molecule has 0 saturated carbocycles. The molecule has 0 radical (unpaired) electrons. The van der Waals surface area contributed by atoms with Crippen molar-refractivity contribution in [2.45, 2.75) is 52.4 Å². The Hall–Kier alpha value is -2.82. The molecule has 5 heteroatoms. The molecule has 162 valence electrons. The topological polar surface area (TPSA) is 58.6 Å². The van der Waals surface area contributed by atoms with Crippen LogP contribution in [-0.2, 0) is 16.0 Å². The number of unbranched alkanes of at least 4 members (excludes halogenated alkanes) is 3. The molecule has 2 amide bonds. The normalized spacial score (nSPS) is 10.5. The van der Waals surface area contributed by atoms with Gasteiger partial charge in [-0.05, 0) is 48.6 Å². The highest BCUT2D eigenvalue weighted by Gasteiger charge is 2.11. The van der Waals surface area contributed by atoms with Crippen LogP contribution in [0.3, 0.4) is 0 Å². The van der Waals surface area contributed by atoms with Gasteiger partial charge in [0.2, 0.25) is 0 Å². The summed E-state index contributed by atoms with van der Waals surface area (Å²) in [6.07, 6.45) is 5.60. The number of urea groups is 1. The number of nitrogens with one attached hydrogen (secondary N) is 1. The maximum absolute atomic E-state index is 12.4. The van der Waals surface area contributed by atoms with E-state index in [1.54, 1.807) is 11.9 Å². The van der Waals surface area contributed by atoms with Crippen molar-refractivity contribution in [3.05, 3.63) is 54.1 Å². The summed E-state index contributed by atoms with van der Waals surface area (Å²) in [5.74, 6) is -0.166. The summed E-state index contributed by atoms with van der Waals surface area (Å²) in [6, 6.07) is 16.0. The maximum atomic E-state index is 12.4. The second kappa shape index (κ2) is 12.7. The predicted molar refractivity (Wildman–Crippen MR) is 123 cm³/mol. The Morgan fingerprint density at radius 3 is 2.43 bits per heavy atom. The molecule has 0 bridgehead atoms. The summed E-state index contributed by atoms with van der Waals surface area (Å²) in [5.41, 5.74) is 4.07. The third-order valence-electron chi connectivity index (χ3n) is 5.06. The highest BCUT2D eigenvalue weighted by molar-refractivity contribution is 5.92. The Morgan fingerprint density at radius 2 is 1.73 bits per heavy atom. The standard InChI is InChI=1S/C25H34N2O3/c1-4-6-7-8-18-26-25(29)27(3)23-11-9-10-22(19-23)21-15-12-20(13-16-21)14-17-24(28)30-5-2/h9-13,15-16,19H,4-8,14,17-18H2,1-3H3,(H,26,29). The highest BCUT2D eigenvalue weighted by atomic mass is 16.5. The molecule has 30 heavy (non-hydrogen) atoms. The van der Waals surface area contributed by atoms with E-state index >= 15 is 0 Å². The van der Waals surface area contributed by atoms with E-state index in [0.717, 1.165) is 35.2 Å². The first kappa shape index (κ1) is 23.5. The number of rotatable bonds is 11. The second-order valence-electron chi connectivity index (χ2n) is 7.40. The van der Waals surface area contributed by atoms with Crippen molar-refractivity contribution >= 4 is 17.7 Å². The zero-order valence-corrected chi connectivity index (χ0v) is 18.4. The number of hydrogen-bond acceptors (Lipinski definition) is 3. The summed E-state index contributed by atoms with van der Waals surface area (Å²) >= 11 is 0. The number of anilines is 1. The SMILES string of the molecule is CCCCCCNC(=O)N(C)c1cccc(-c2ccc(CCC(=O)OCC)cc2)c1. The molecule has 5 nitrogen and oxygen atoms in total. The fraction of sp³-hybridized carbons (Fsp3) is 0.440. The van der Waals surface area contributed by atoms with Crippen LogP contribution in [-0.4, -0.2) is 32.2 Å². The van der Waals surface area contributed by atoms with Crippen LogP contribution in [0.25, 0.3) is 11.1 Å². The Balaban J connectivity index is 1.95. The minimum atomic E-state index is -0.166. The van der Waals surface area contributed by atoms with E-state index in [1.807, 2.05) is 55.5 Å². The van der Waals surface area contributed by atoms with Crippen molar-refractivity contribution in [3.8, 4) is 11.1 Å². The molecule has 0 fully saturated rings. The van der Waals surface area contributed by atoms with Crippen LogP contribution in [0.1, 0.15) is 51.5 Å². The van der Waals surface area contributed by atoms with E-state index in [-0.39, 0.29) is 12.0 Å². The molecule has 2 rings (SSSR count). The van der Waals surface area contributed by atoms with Gasteiger partial charge in [-0.3, -0.25) is 9.69 Å². The Labute approximate surface area is 180 Å². The lowest BCUT2D eigenvalue weighted by molar-refractivity contribution is -0.143. The third kappa shape index (κ3) is 7.54. The second-order valence-corrected chi connectivity index (χ2v) is 7.40. The third-order valence-corrected chi connectivity index (χ3v) is 5.06. The van der Waals surface area contributed by atoms with Gasteiger partial charge in [0.1, 0.15) is 0 Å². The van der Waals surface area contributed by atoms with Gasteiger partial charge in [0.25, 0.3) is 0 Å². The van der Waals surface area contributed by atoms with Crippen LogP contribution < -0.4 is 10.2 Å². The molecule has 2 aromatic rings. The van der Waals surface area contributed by atoms with Gasteiger partial charge in [0.05, 0.1) is 6.61 Å². The lowest BCUT2D eigenvalue weighted by Crippen LogP contribution is -2.37. The minimum Gasteiger partial charge on any atom is -0.466 e. The maximum Gasteiger partial charge on any atom is 0.321 e. The van der Waals surface area contributed by atoms with Crippen molar-refractivity contribution in [1.29, 1.82) is 0 Å². The number of esters is 1. The van der Waals surface area contributed by atoms with E-state index in [2.05, 4.69) is 12.2 Å². The van der Waals surface area contributed by atoms with Gasteiger partial charge < -0.3 is 10.1 Å². The number of benzene rings is 2. The lowest BCUT2D eigenvalue weighted by Gasteiger charge is -2.19. The van der Waals surface area contributed by atoms with Gasteiger partial charge in [-0.2, -0.15) is 0 Å². The van der Waals surface area contributed by atoms with Crippen molar-refractivity contribution in [2.75, 3.05) is 25.1 Å². The van der Waals surface area contributed by atoms with Gasteiger partial charge in [-0.1, -0.05) is 62.6 Å². The Kier molecular flexibility index (Phi) is 9.92. The first-order valence-corrected chi connectivity index (χ1v) is 10.9. The number of ether oxygens (including phenoxy) is 1. The first-order valence-electron chi connectivity index (χ1n) is 10.9. The quantitative estimate of drug-likeness (QED) is 0.389. The van der Waals surface area contributed by atoms with Crippen LogP contribution in [0, 0.1) is 0 Å². The van der Waals surface area contributed by atoms with Crippen molar-refractivity contribution in [3.63, 3.8) is 0 Å². The molecule has 2 aromatic carbocycles. The summed E-state index contributed by atoms with van der Waals surface area (Å²) in [6.45, 7) is 5.11. The summed E-state index contributed by atoms with van der Waals surface area (Å²) in [4.78, 5) is 25.6. The number of carbonyl (C=O) groups is 2. The molecule has 0 saturated heterocycles. The zero-order valence-electron chi connectivity index (χ0n) is 18.4. The van der Waals surface area contributed by atoms with Crippen molar-refractivity contribution in [2.24, 2.45) is 0 Å². The lowest BCUT2D eigenvalue weighted by atomic mass is 10.0. The number of hydrogen-bond donors (Lipinski definition) is 1. The molecule has 0 aliphatic rings. The number of aryl methyl sites for hydroxylation is 1. The first-order chi connectivity index (χ1) is 14.5. The molecule has 0 unspecified atom stereocenters. The zero-order chi connectivity index (χ0) is 21.8. The smallest absolute Gasteiger partial charge is 0.321 e. The molecule has 1 N–H and O–H groups in total. The van der Waals surface area contributed by atoms with E-state index in [0.29, 0.717) is 26.0 Å². The van der Waals surface area contributed by atoms with Crippen LogP contribution in [0.4, 0.5) is 10.5 Å². The van der Waals surface area contributed by atoms with Crippen molar-refractivity contribution < 1.29 is 14.3 Å². The van der Waals surface area contributed by atoms with Crippen LogP contribution in [0.2, 0.25) is 0 Å². The molecule has 0 aliphatic heterocycles. The van der Waals surface area contributed by atoms with Crippen LogP contribution >= 0.6 is 0 Å². The number of nitrogens with zero attached hydrogens (tertiary/aromatic N) is 1. The van der Waals surface area contributed by atoms with Crippen molar-refractivity contribution in [1.82, 2.24) is 5.32 Å². The van der Waals surface area contributed by atoms with E-state index in [9.17, 15) is 9.59 Å². The Morgan fingerprint density at radius 1 is 0.967 bits per heavy atom. The van der Waals surface area contributed by atoms with Gasteiger partial charge >= 0.3 is 12.0 Å². The molecule has 0 heterocycles. The minimum absolute atomic E-state index is 0.0852. The van der Waals surface area contributed by atoms with E-state index in [1.165, 1.54) is 12.8 Å². The molecule has 0 aromatic heterocycles. The predicted octanol–water partition coefficient (Wildman–Crippen LogP) is 5.58. The van der Waals surface area contributed by atoms with Crippen LogP contribution in [0.5, 0.6) is 0 Å². The van der Waals surface area contributed by atoms with Gasteiger partial charge in [0.15, 0.2) is 0 Å². The molecule has 0 spiro atoms. The van der Waals surface area contributed by atoms with Crippen LogP contribution in [0.15, 0.2) is 48.5 Å². The monoisotopic (exact) mass is 410 g/mol. The summed E-state index contributed by atoms with van der Waals surface area (Å²) in [7, 11) is 1.79. The Bertz CT molecular complexity index is 802. The molecule has 0 aliphatic carbocycles. The van der Waals surface area contributed by atoms with E-state index in [4.69, 9.17) is 4.74 Å². The fourth-order valence-electron chi connectivity index (χ4n) is 3.22. The van der Waals surface area contributed by atoms with Gasteiger partial charge in [-0.15, -0.1) is 0 Å². The molecule has 0 atom stereocenters. The number of amides is 2. The average molecular weight is 411 g/mol. The highest BCUT2D eigenvalue weighted by Crippen LogP contribution is 2.25. The largest absolute Gasteiger partial charge is 0.466 e. The number of carbonyl (C=O) groups excluding carboxylic acids is 2. The average Bonchev–Trinajstić information content (AvgIpc) is 2.77. The van der Waals surface area contributed by atoms with Gasteiger partial charge in [-0.25, -0.2) is 4.79 Å². The summed E-state index contributed by atoms with van der Waals surface area (Å²) < 4.78 is 4.98. The van der Waals surface area contributed by atoms with Gasteiger partial charge in [0, 0.05) is 25.7 Å². The molecular weight excluding hydrogens is 376 g/mol. The van der Waals surface area contributed by atoms with E-state index < -0.39 is 0 Å². The molecular formula is C25H34N2O3. The summed E-state index contributed by atoms with van der Waals surface area (Å²) in [5, 5.41) is 2.99. The fourth-order valence-corrected chi connectivity index (χ4v) is 3.22.